The van der Waals surface area contributed by atoms with Crippen molar-refractivity contribution >= 4 is 24.4 Å². The molecule has 1 aromatic heterocycles. The molecule has 1 unspecified atom stereocenters. The summed E-state index contributed by atoms with van der Waals surface area (Å²) in [5.74, 6) is 0.165. The Morgan fingerprint density at radius 3 is 2.46 bits per heavy atom. The van der Waals surface area contributed by atoms with Crippen LogP contribution in [0.3, 0.4) is 0 Å². The van der Waals surface area contributed by atoms with Gasteiger partial charge in [0.2, 0.25) is 0 Å². The largest absolute Gasteiger partial charge is 0.411 e. The van der Waals surface area contributed by atoms with Crippen LogP contribution < -0.4 is 11.4 Å². The number of rotatable bonds is 10. The lowest BCUT2D eigenvalue weighted by atomic mass is 10.2. The molecule has 0 aromatic carbocycles. The molecule has 3 atom stereocenters. The molecule has 8 nitrogen and oxygen atoms in total. The first kappa shape index (κ1) is 30.1. The fourth-order valence-corrected chi connectivity index (χ4v) is 5.39. The first-order valence-corrected chi connectivity index (χ1v) is 17.4. The Morgan fingerprint density at radius 2 is 1.91 bits per heavy atom. The van der Waals surface area contributed by atoms with Crippen molar-refractivity contribution in [1.82, 2.24) is 9.55 Å². The predicted octanol–water partition coefficient (Wildman–Crippen LogP) is 5.00. The van der Waals surface area contributed by atoms with Crippen molar-refractivity contribution in [3.8, 4) is 0 Å². The van der Waals surface area contributed by atoms with Gasteiger partial charge in [-0.2, -0.15) is 4.98 Å². The van der Waals surface area contributed by atoms with E-state index in [-0.39, 0.29) is 34.4 Å². The number of anilines is 1. The van der Waals surface area contributed by atoms with Gasteiger partial charge in [-0.25, -0.2) is 4.79 Å². The summed E-state index contributed by atoms with van der Waals surface area (Å²) in [5.41, 5.74) is 6.17. The standard InChI is InChI=1S/C25H47N3O5SSi/c1-12-13-30-16-18-15-28(23(29)27-22(18)26)21-14-19(33-35(10,11)25(5,6)7)20(32-21)17-31-34(8,9)24(2,3)4/h12,15,19-21H,1,13-14,16-17H2,2-11H3,(H2,26,27,29)/t19?,20-,21-/m1/s1. The molecule has 1 aliphatic rings. The Bertz CT molecular complexity index is 937. The van der Waals surface area contributed by atoms with Gasteiger partial charge in [-0.15, -0.1) is 16.9 Å². The van der Waals surface area contributed by atoms with Gasteiger partial charge in [0, 0.05) is 22.9 Å². The number of hydrogen-bond acceptors (Lipinski definition) is 7. The van der Waals surface area contributed by atoms with E-state index in [1.165, 1.54) is 4.57 Å². The minimum atomic E-state index is -2.09. The van der Waals surface area contributed by atoms with Crippen LogP contribution in [0.25, 0.3) is 0 Å². The van der Waals surface area contributed by atoms with Gasteiger partial charge in [0.05, 0.1) is 25.9 Å². The monoisotopic (exact) mass is 529 g/mol. The summed E-state index contributed by atoms with van der Waals surface area (Å²) in [4.78, 5) is 16.8. The number of aromatic nitrogens is 2. The topological polar surface area (TPSA) is 97.8 Å². The lowest BCUT2D eigenvalue weighted by Crippen LogP contribution is -2.46. The molecule has 0 saturated carbocycles. The van der Waals surface area contributed by atoms with E-state index >= 15 is 0 Å². The van der Waals surface area contributed by atoms with Crippen molar-refractivity contribution in [3.63, 3.8) is 0 Å². The van der Waals surface area contributed by atoms with Crippen molar-refractivity contribution in [2.75, 3.05) is 31.5 Å². The molecular formula is C25H47N3O5SSi. The molecule has 1 fully saturated rings. The van der Waals surface area contributed by atoms with E-state index in [4.69, 9.17) is 23.8 Å². The van der Waals surface area contributed by atoms with E-state index in [0.29, 0.717) is 25.2 Å². The number of hydrogen-bond donors (Lipinski definition) is 1. The molecule has 1 aromatic rings. The van der Waals surface area contributed by atoms with Gasteiger partial charge in [0.25, 0.3) is 0 Å². The Morgan fingerprint density at radius 1 is 1.29 bits per heavy atom. The third kappa shape index (κ3) is 7.42. The van der Waals surface area contributed by atoms with E-state index in [9.17, 15) is 4.79 Å². The second-order valence-corrected chi connectivity index (χ2v) is 20.7. The van der Waals surface area contributed by atoms with E-state index in [1.807, 2.05) is 0 Å². The number of nitrogen functional groups attached to an aromatic ring is 1. The zero-order valence-corrected chi connectivity index (χ0v) is 25.2. The molecule has 0 amide bonds. The minimum Gasteiger partial charge on any atom is -0.411 e. The molecule has 0 aliphatic carbocycles. The highest BCUT2D eigenvalue weighted by Crippen LogP contribution is 2.54. The molecule has 202 valence electrons. The molecule has 1 saturated heterocycles. The van der Waals surface area contributed by atoms with E-state index in [1.54, 1.807) is 12.3 Å². The molecule has 0 radical (unpaired) electrons. The molecule has 0 spiro atoms. The zero-order chi connectivity index (χ0) is 26.8. The summed E-state index contributed by atoms with van der Waals surface area (Å²) >= 11 is 0. The second kappa shape index (κ2) is 11.1. The Kier molecular flexibility index (Phi) is 9.50. The molecule has 2 N–H and O–H groups in total. The van der Waals surface area contributed by atoms with Crippen LogP contribution in [0.4, 0.5) is 5.82 Å². The molecule has 10 heteroatoms. The molecule has 1 aliphatic heterocycles. The maximum Gasteiger partial charge on any atom is 0.351 e. The van der Waals surface area contributed by atoms with E-state index in [2.05, 4.69) is 78.7 Å². The fraction of sp³-hybridized carbons (Fsp3) is 0.760. The number of nitrogens with zero attached hydrogens (tertiary/aromatic N) is 2. The predicted molar refractivity (Wildman–Crippen MR) is 149 cm³/mol. The van der Waals surface area contributed by atoms with Crippen molar-refractivity contribution in [2.45, 2.75) is 95.9 Å². The normalized spacial score (nSPS) is 22.4. The zero-order valence-electron chi connectivity index (χ0n) is 23.3. The SMILES string of the molecule is C=CCOCc1cn([C@H]2CC(O[Si](C)(C)C(C)(C)C)[C@@H](COS(C)(C)C(C)(C)C)O2)c(=O)nc1N. The Hall–Kier alpha value is -1.17. The maximum absolute atomic E-state index is 12.8. The van der Waals surface area contributed by atoms with Gasteiger partial charge in [0.15, 0.2) is 8.32 Å². The van der Waals surface area contributed by atoms with Crippen molar-refractivity contribution in [2.24, 2.45) is 0 Å². The van der Waals surface area contributed by atoms with E-state index in [0.717, 1.165) is 0 Å². The van der Waals surface area contributed by atoms with Crippen LogP contribution in [-0.2, 0) is 24.7 Å². The molecule has 0 bridgehead atoms. The first-order valence-electron chi connectivity index (χ1n) is 12.2. The minimum absolute atomic E-state index is 0.0267. The Balaban J connectivity index is 2.34. The third-order valence-corrected chi connectivity index (χ3v) is 15.5. The van der Waals surface area contributed by atoms with Gasteiger partial charge in [-0.05, 0) is 30.6 Å². The summed E-state index contributed by atoms with van der Waals surface area (Å²) < 4.78 is 26.8. The fourth-order valence-electron chi connectivity index (χ4n) is 3.21. The highest BCUT2D eigenvalue weighted by Gasteiger charge is 2.46. The first-order chi connectivity index (χ1) is 15.9. The van der Waals surface area contributed by atoms with Crippen LogP contribution in [0.5, 0.6) is 0 Å². The average molecular weight is 530 g/mol. The lowest BCUT2D eigenvalue weighted by Gasteiger charge is -2.45. The Labute approximate surface area is 214 Å². The van der Waals surface area contributed by atoms with Crippen LogP contribution in [0, 0.1) is 0 Å². The van der Waals surface area contributed by atoms with Crippen LogP contribution in [0.1, 0.15) is 59.8 Å². The summed E-state index contributed by atoms with van der Waals surface area (Å²) in [6.45, 7) is 22.4. The summed E-state index contributed by atoms with van der Waals surface area (Å²) in [5, 5.41) is 0.0433. The number of ether oxygens (including phenoxy) is 2. The van der Waals surface area contributed by atoms with Gasteiger partial charge in [-0.3, -0.25) is 4.57 Å². The third-order valence-electron chi connectivity index (χ3n) is 7.30. The molecular weight excluding hydrogens is 482 g/mol. The second-order valence-electron chi connectivity index (χ2n) is 12.1. The highest BCUT2D eigenvalue weighted by atomic mass is 32.3. The van der Waals surface area contributed by atoms with Crippen LogP contribution in [0.2, 0.25) is 18.1 Å². The van der Waals surface area contributed by atoms with Crippen molar-refractivity contribution in [1.29, 1.82) is 0 Å². The highest BCUT2D eigenvalue weighted by molar-refractivity contribution is 8.29. The van der Waals surface area contributed by atoms with Crippen molar-refractivity contribution in [3.05, 3.63) is 34.9 Å². The molecule has 2 heterocycles. The maximum atomic E-state index is 12.8. The van der Waals surface area contributed by atoms with Crippen molar-refractivity contribution < 1.29 is 18.1 Å². The van der Waals surface area contributed by atoms with Crippen LogP contribution >= 0.6 is 10.3 Å². The lowest BCUT2D eigenvalue weighted by molar-refractivity contribution is -0.0371. The summed E-state index contributed by atoms with van der Waals surface area (Å²) in [6, 6.07) is 0. The number of nitrogens with two attached hydrogens (primary N) is 1. The molecule has 2 rings (SSSR count). The molecule has 35 heavy (non-hydrogen) atoms. The van der Waals surface area contributed by atoms with E-state index < -0.39 is 30.5 Å². The summed E-state index contributed by atoms with van der Waals surface area (Å²) in [6.07, 6.45) is 7.22. The van der Waals surface area contributed by atoms with Gasteiger partial charge >= 0.3 is 5.69 Å². The van der Waals surface area contributed by atoms with Crippen LogP contribution in [0.15, 0.2) is 23.6 Å². The average Bonchev–Trinajstić information content (AvgIpc) is 3.08. The quantitative estimate of drug-likeness (QED) is 0.259. The van der Waals surface area contributed by atoms with Gasteiger partial charge < -0.3 is 23.8 Å². The van der Waals surface area contributed by atoms with Gasteiger partial charge in [0.1, 0.15) is 18.1 Å². The summed E-state index contributed by atoms with van der Waals surface area (Å²) in [7, 11) is -3.43. The van der Waals surface area contributed by atoms with Crippen LogP contribution in [-0.4, -0.2) is 60.5 Å². The van der Waals surface area contributed by atoms with Gasteiger partial charge in [-0.1, -0.05) is 47.6 Å². The smallest absolute Gasteiger partial charge is 0.351 e.